The molecule has 0 unspecified atom stereocenters. The Bertz CT molecular complexity index is 647. The number of rotatable bonds is 3. The zero-order chi connectivity index (χ0) is 13.1. The van der Waals surface area contributed by atoms with E-state index in [2.05, 4.69) is 11.4 Å². The van der Waals surface area contributed by atoms with Crippen LogP contribution in [0.15, 0.2) is 42.5 Å². The summed E-state index contributed by atoms with van der Waals surface area (Å²) in [6, 6.07) is 15.3. The van der Waals surface area contributed by atoms with Gasteiger partial charge in [0.25, 0.3) is 0 Å². The van der Waals surface area contributed by atoms with Gasteiger partial charge < -0.3 is 14.8 Å². The number of anilines is 1. The first-order valence-electron chi connectivity index (χ1n) is 5.98. The van der Waals surface area contributed by atoms with Crippen molar-refractivity contribution in [3.8, 4) is 17.6 Å². The Morgan fingerprint density at radius 2 is 2.05 bits per heavy atom. The molecule has 19 heavy (non-hydrogen) atoms. The van der Waals surface area contributed by atoms with Crippen molar-refractivity contribution in [2.75, 3.05) is 12.1 Å². The number of para-hydroxylation sites is 1. The monoisotopic (exact) mass is 252 g/mol. The average molecular weight is 252 g/mol. The number of benzene rings is 2. The molecule has 4 nitrogen and oxygen atoms in total. The van der Waals surface area contributed by atoms with E-state index in [1.807, 2.05) is 36.4 Å². The van der Waals surface area contributed by atoms with E-state index in [0.717, 1.165) is 22.7 Å². The molecule has 1 aliphatic heterocycles. The van der Waals surface area contributed by atoms with Gasteiger partial charge in [0.2, 0.25) is 6.79 Å². The fraction of sp³-hybridized carbons (Fsp3) is 0.133. The maximum Gasteiger partial charge on any atom is 0.231 e. The summed E-state index contributed by atoms with van der Waals surface area (Å²) in [4.78, 5) is 0. The fourth-order valence-electron chi connectivity index (χ4n) is 2.03. The van der Waals surface area contributed by atoms with Crippen LogP contribution in [0.2, 0.25) is 0 Å². The Kier molecular flexibility index (Phi) is 2.95. The minimum Gasteiger partial charge on any atom is -0.454 e. The first kappa shape index (κ1) is 11.4. The fourth-order valence-corrected chi connectivity index (χ4v) is 2.03. The second kappa shape index (κ2) is 4.91. The zero-order valence-electron chi connectivity index (χ0n) is 10.2. The highest BCUT2D eigenvalue weighted by molar-refractivity contribution is 5.52. The van der Waals surface area contributed by atoms with Gasteiger partial charge in [0.15, 0.2) is 11.5 Å². The average Bonchev–Trinajstić information content (AvgIpc) is 2.94. The normalized spacial score (nSPS) is 11.9. The van der Waals surface area contributed by atoms with Crippen molar-refractivity contribution in [2.45, 2.75) is 6.54 Å². The smallest absolute Gasteiger partial charge is 0.231 e. The van der Waals surface area contributed by atoms with E-state index in [0.29, 0.717) is 12.1 Å². The number of hydrogen-bond acceptors (Lipinski definition) is 4. The van der Waals surface area contributed by atoms with Crippen LogP contribution in [0, 0.1) is 11.3 Å². The van der Waals surface area contributed by atoms with Crippen LogP contribution in [0.4, 0.5) is 5.69 Å². The van der Waals surface area contributed by atoms with Crippen molar-refractivity contribution in [1.82, 2.24) is 0 Å². The van der Waals surface area contributed by atoms with Crippen molar-refractivity contribution in [3.63, 3.8) is 0 Å². The standard InChI is InChI=1S/C15H12N2O2/c16-8-11-3-1-5-13(7-11)17-9-12-4-2-6-14-15(12)19-10-18-14/h1-7,17H,9-10H2. The molecule has 1 aliphatic rings. The summed E-state index contributed by atoms with van der Waals surface area (Å²) in [5.74, 6) is 1.58. The number of hydrogen-bond donors (Lipinski definition) is 1. The second-order valence-electron chi connectivity index (χ2n) is 4.20. The van der Waals surface area contributed by atoms with Crippen LogP contribution in [0.5, 0.6) is 11.5 Å². The number of nitrogens with zero attached hydrogens (tertiary/aromatic N) is 1. The van der Waals surface area contributed by atoms with Crippen LogP contribution in [-0.2, 0) is 6.54 Å². The van der Waals surface area contributed by atoms with Gasteiger partial charge in [0.05, 0.1) is 11.6 Å². The molecule has 0 aliphatic carbocycles. The van der Waals surface area contributed by atoms with Gasteiger partial charge in [-0.15, -0.1) is 0 Å². The van der Waals surface area contributed by atoms with E-state index in [-0.39, 0.29) is 6.79 Å². The van der Waals surface area contributed by atoms with Crippen LogP contribution < -0.4 is 14.8 Å². The second-order valence-corrected chi connectivity index (χ2v) is 4.20. The molecular weight excluding hydrogens is 240 g/mol. The molecular formula is C15H12N2O2. The van der Waals surface area contributed by atoms with Gasteiger partial charge in [-0.1, -0.05) is 18.2 Å². The maximum absolute atomic E-state index is 8.86. The lowest BCUT2D eigenvalue weighted by Crippen LogP contribution is -2.01. The molecule has 1 heterocycles. The van der Waals surface area contributed by atoms with E-state index in [4.69, 9.17) is 14.7 Å². The molecule has 0 amide bonds. The molecule has 0 radical (unpaired) electrons. The molecule has 3 rings (SSSR count). The van der Waals surface area contributed by atoms with Gasteiger partial charge in [0.1, 0.15) is 0 Å². The van der Waals surface area contributed by atoms with Crippen LogP contribution in [0.1, 0.15) is 11.1 Å². The Hall–Kier alpha value is -2.67. The predicted octanol–water partition coefficient (Wildman–Crippen LogP) is 2.90. The summed E-state index contributed by atoms with van der Waals surface area (Å²) in [5, 5.41) is 12.1. The van der Waals surface area contributed by atoms with Crippen molar-refractivity contribution in [1.29, 1.82) is 5.26 Å². The summed E-state index contributed by atoms with van der Waals surface area (Å²) in [6.45, 7) is 0.900. The molecule has 0 atom stereocenters. The molecule has 94 valence electrons. The molecule has 0 saturated carbocycles. The molecule has 0 spiro atoms. The highest BCUT2D eigenvalue weighted by Gasteiger charge is 2.16. The van der Waals surface area contributed by atoms with Gasteiger partial charge in [-0.2, -0.15) is 5.26 Å². The van der Waals surface area contributed by atoms with Gasteiger partial charge in [-0.25, -0.2) is 0 Å². The summed E-state index contributed by atoms with van der Waals surface area (Å²) in [6.07, 6.45) is 0. The minimum absolute atomic E-state index is 0.274. The minimum atomic E-state index is 0.274. The Balaban J connectivity index is 1.76. The highest BCUT2D eigenvalue weighted by Crippen LogP contribution is 2.35. The third-order valence-electron chi connectivity index (χ3n) is 2.95. The maximum atomic E-state index is 8.86. The molecule has 2 aromatic carbocycles. The van der Waals surface area contributed by atoms with Crippen LogP contribution >= 0.6 is 0 Å². The van der Waals surface area contributed by atoms with E-state index in [1.54, 1.807) is 6.07 Å². The van der Waals surface area contributed by atoms with Crippen LogP contribution in [-0.4, -0.2) is 6.79 Å². The van der Waals surface area contributed by atoms with Gasteiger partial charge in [-0.3, -0.25) is 0 Å². The number of nitrogens with one attached hydrogen (secondary N) is 1. The molecule has 0 bridgehead atoms. The van der Waals surface area contributed by atoms with Crippen molar-refractivity contribution in [2.24, 2.45) is 0 Å². The van der Waals surface area contributed by atoms with E-state index < -0.39 is 0 Å². The third-order valence-corrected chi connectivity index (χ3v) is 2.95. The Morgan fingerprint density at radius 3 is 2.95 bits per heavy atom. The lowest BCUT2D eigenvalue weighted by Gasteiger charge is -2.09. The van der Waals surface area contributed by atoms with Gasteiger partial charge in [0, 0.05) is 17.8 Å². The quantitative estimate of drug-likeness (QED) is 0.912. The van der Waals surface area contributed by atoms with E-state index in [1.165, 1.54) is 0 Å². The molecule has 0 saturated heterocycles. The molecule has 0 fully saturated rings. The van der Waals surface area contributed by atoms with Crippen LogP contribution in [0.25, 0.3) is 0 Å². The van der Waals surface area contributed by atoms with Gasteiger partial charge >= 0.3 is 0 Å². The lowest BCUT2D eigenvalue weighted by atomic mass is 10.1. The first-order chi connectivity index (χ1) is 9.36. The Morgan fingerprint density at radius 1 is 1.16 bits per heavy atom. The first-order valence-corrected chi connectivity index (χ1v) is 5.98. The zero-order valence-corrected chi connectivity index (χ0v) is 10.2. The molecule has 2 aromatic rings. The third kappa shape index (κ3) is 2.31. The Labute approximate surface area is 111 Å². The molecule has 1 N–H and O–H groups in total. The SMILES string of the molecule is N#Cc1cccc(NCc2cccc3c2OCO3)c1. The lowest BCUT2D eigenvalue weighted by molar-refractivity contribution is 0.173. The number of nitriles is 1. The van der Waals surface area contributed by atoms with Gasteiger partial charge in [-0.05, 0) is 24.3 Å². The van der Waals surface area contributed by atoms with E-state index in [9.17, 15) is 0 Å². The van der Waals surface area contributed by atoms with E-state index >= 15 is 0 Å². The summed E-state index contributed by atoms with van der Waals surface area (Å²) >= 11 is 0. The molecule has 4 heteroatoms. The van der Waals surface area contributed by atoms with Crippen molar-refractivity contribution < 1.29 is 9.47 Å². The molecule has 0 aromatic heterocycles. The number of ether oxygens (including phenoxy) is 2. The summed E-state index contributed by atoms with van der Waals surface area (Å²) < 4.78 is 10.8. The predicted molar refractivity (Wildman–Crippen MR) is 71.0 cm³/mol. The largest absolute Gasteiger partial charge is 0.454 e. The van der Waals surface area contributed by atoms with Crippen molar-refractivity contribution in [3.05, 3.63) is 53.6 Å². The summed E-state index contributed by atoms with van der Waals surface area (Å²) in [5.41, 5.74) is 2.59. The van der Waals surface area contributed by atoms with Crippen molar-refractivity contribution >= 4 is 5.69 Å². The topological polar surface area (TPSA) is 54.3 Å². The number of fused-ring (bicyclic) bond motifs is 1. The summed E-state index contributed by atoms with van der Waals surface area (Å²) in [7, 11) is 0. The van der Waals surface area contributed by atoms with Crippen LogP contribution in [0.3, 0.4) is 0 Å². The highest BCUT2D eigenvalue weighted by atomic mass is 16.7.